The van der Waals surface area contributed by atoms with Crippen molar-refractivity contribution < 1.29 is 4.74 Å². The molecule has 2 aromatic carbocycles. The third-order valence-corrected chi connectivity index (χ3v) is 4.75. The summed E-state index contributed by atoms with van der Waals surface area (Å²) in [5.74, 6) is 1.78. The maximum absolute atomic E-state index is 6.34. The third-order valence-electron chi connectivity index (χ3n) is 4.75. The van der Waals surface area contributed by atoms with Gasteiger partial charge in [0, 0.05) is 17.0 Å². The molecule has 0 amide bonds. The van der Waals surface area contributed by atoms with Gasteiger partial charge in [0.05, 0.1) is 0 Å². The van der Waals surface area contributed by atoms with Crippen LogP contribution in [0.5, 0.6) is 5.75 Å². The number of hydrogen-bond acceptors (Lipinski definition) is 1. The van der Waals surface area contributed by atoms with Gasteiger partial charge in [0.15, 0.2) is 0 Å². The Morgan fingerprint density at radius 3 is 2.75 bits per heavy atom. The lowest BCUT2D eigenvalue weighted by atomic mass is 9.83. The van der Waals surface area contributed by atoms with Crippen molar-refractivity contribution in [3.63, 3.8) is 0 Å². The summed E-state index contributed by atoms with van der Waals surface area (Å²) >= 11 is 0. The van der Waals surface area contributed by atoms with Crippen LogP contribution in [0.25, 0.3) is 11.1 Å². The number of fused-ring (bicyclic) bond motifs is 3. The van der Waals surface area contributed by atoms with E-state index in [1.807, 2.05) is 0 Å². The first-order chi connectivity index (χ1) is 9.83. The minimum atomic E-state index is 0.421. The Labute approximate surface area is 120 Å². The molecule has 20 heavy (non-hydrogen) atoms. The van der Waals surface area contributed by atoms with Crippen molar-refractivity contribution in [2.75, 3.05) is 0 Å². The van der Waals surface area contributed by atoms with Crippen LogP contribution in [-0.4, -0.2) is 6.10 Å². The lowest BCUT2D eigenvalue weighted by molar-refractivity contribution is 0.164. The molecule has 1 heterocycles. The Morgan fingerprint density at radius 1 is 1.00 bits per heavy atom. The van der Waals surface area contributed by atoms with Crippen LogP contribution < -0.4 is 4.74 Å². The van der Waals surface area contributed by atoms with Gasteiger partial charge in [-0.15, -0.1) is 0 Å². The summed E-state index contributed by atoms with van der Waals surface area (Å²) in [7, 11) is 0. The first-order valence-corrected chi connectivity index (χ1v) is 7.69. The zero-order valence-electron chi connectivity index (χ0n) is 11.9. The van der Waals surface area contributed by atoms with Gasteiger partial charge in [0.2, 0.25) is 0 Å². The summed E-state index contributed by atoms with van der Waals surface area (Å²) < 4.78 is 6.34. The largest absolute Gasteiger partial charge is 0.489 e. The van der Waals surface area contributed by atoms with E-state index in [4.69, 9.17) is 4.74 Å². The summed E-state index contributed by atoms with van der Waals surface area (Å²) in [5.41, 5.74) is 5.28. The molecule has 0 bridgehead atoms. The molecule has 1 aliphatic carbocycles. The third kappa shape index (κ3) is 1.84. The molecule has 0 aromatic heterocycles. The molecule has 1 saturated carbocycles. The molecule has 0 radical (unpaired) electrons. The van der Waals surface area contributed by atoms with E-state index in [1.54, 1.807) is 0 Å². The molecule has 2 unspecified atom stereocenters. The smallest absolute Gasteiger partial charge is 0.131 e. The Hall–Kier alpha value is -1.76. The Bertz CT molecular complexity index is 644. The normalized spacial score (nSPS) is 23.9. The molecule has 2 aromatic rings. The molecule has 1 aliphatic heterocycles. The summed E-state index contributed by atoms with van der Waals surface area (Å²) in [5, 5.41) is 0. The first kappa shape index (κ1) is 12.0. The van der Waals surface area contributed by atoms with Crippen LogP contribution in [0.15, 0.2) is 42.5 Å². The molecular weight excluding hydrogens is 244 g/mol. The fourth-order valence-corrected chi connectivity index (χ4v) is 3.76. The molecule has 1 fully saturated rings. The van der Waals surface area contributed by atoms with Gasteiger partial charge in [0.1, 0.15) is 11.9 Å². The average molecular weight is 264 g/mol. The van der Waals surface area contributed by atoms with E-state index in [0.29, 0.717) is 12.0 Å². The van der Waals surface area contributed by atoms with Crippen LogP contribution in [0.3, 0.4) is 0 Å². The van der Waals surface area contributed by atoms with Crippen molar-refractivity contribution in [2.45, 2.75) is 44.6 Å². The average Bonchev–Trinajstić information content (AvgIpc) is 2.86. The second-order valence-corrected chi connectivity index (χ2v) is 6.14. The zero-order chi connectivity index (χ0) is 13.5. The second kappa shape index (κ2) is 4.66. The van der Waals surface area contributed by atoms with Crippen LogP contribution in [0, 0.1) is 6.92 Å². The van der Waals surface area contributed by atoms with Gasteiger partial charge in [-0.1, -0.05) is 54.4 Å². The van der Waals surface area contributed by atoms with Gasteiger partial charge in [-0.2, -0.15) is 0 Å². The van der Waals surface area contributed by atoms with Crippen molar-refractivity contribution in [3.8, 4) is 16.9 Å². The standard InChI is InChI=1S/C19H20O/c1-13-6-4-7-14(12-13)15-9-5-10-17-16-8-2-3-11-18(16)20-19(15)17/h4-7,9-10,12,16,18H,2-3,8,11H2,1H3. The molecule has 2 atom stereocenters. The highest BCUT2D eigenvalue weighted by atomic mass is 16.5. The first-order valence-electron chi connectivity index (χ1n) is 7.69. The minimum Gasteiger partial charge on any atom is -0.489 e. The van der Waals surface area contributed by atoms with Gasteiger partial charge in [-0.05, 0) is 31.7 Å². The topological polar surface area (TPSA) is 9.23 Å². The Balaban J connectivity index is 1.82. The highest BCUT2D eigenvalue weighted by Crippen LogP contribution is 2.49. The van der Waals surface area contributed by atoms with Crippen LogP contribution in [0.4, 0.5) is 0 Å². The molecule has 102 valence electrons. The lowest BCUT2D eigenvalue weighted by Crippen LogP contribution is -2.22. The molecule has 2 aliphatic rings. The van der Waals surface area contributed by atoms with Crippen molar-refractivity contribution in [1.29, 1.82) is 0 Å². The highest BCUT2D eigenvalue weighted by molar-refractivity contribution is 5.74. The van der Waals surface area contributed by atoms with E-state index in [1.165, 1.54) is 47.9 Å². The minimum absolute atomic E-state index is 0.421. The number of benzene rings is 2. The Morgan fingerprint density at radius 2 is 1.85 bits per heavy atom. The molecule has 0 N–H and O–H groups in total. The number of rotatable bonds is 1. The quantitative estimate of drug-likeness (QED) is 0.698. The van der Waals surface area contributed by atoms with Crippen molar-refractivity contribution in [1.82, 2.24) is 0 Å². The maximum atomic E-state index is 6.34. The number of para-hydroxylation sites is 1. The van der Waals surface area contributed by atoms with Crippen LogP contribution in [-0.2, 0) is 0 Å². The number of ether oxygens (including phenoxy) is 1. The molecule has 0 saturated heterocycles. The second-order valence-electron chi connectivity index (χ2n) is 6.14. The van der Waals surface area contributed by atoms with Gasteiger partial charge < -0.3 is 4.74 Å². The van der Waals surface area contributed by atoms with Gasteiger partial charge >= 0.3 is 0 Å². The van der Waals surface area contributed by atoms with E-state index in [-0.39, 0.29) is 0 Å². The van der Waals surface area contributed by atoms with E-state index >= 15 is 0 Å². The molecule has 4 rings (SSSR count). The van der Waals surface area contributed by atoms with Crippen molar-refractivity contribution in [3.05, 3.63) is 53.6 Å². The molecule has 1 nitrogen and oxygen atoms in total. The van der Waals surface area contributed by atoms with Gasteiger partial charge in [-0.25, -0.2) is 0 Å². The summed E-state index contributed by atoms with van der Waals surface area (Å²) in [6.07, 6.45) is 5.58. The van der Waals surface area contributed by atoms with Crippen LogP contribution >= 0.6 is 0 Å². The van der Waals surface area contributed by atoms with E-state index in [0.717, 1.165) is 5.75 Å². The lowest BCUT2D eigenvalue weighted by Gasteiger charge is -2.23. The van der Waals surface area contributed by atoms with E-state index < -0.39 is 0 Å². The highest BCUT2D eigenvalue weighted by Gasteiger charge is 2.37. The van der Waals surface area contributed by atoms with Crippen LogP contribution in [0.1, 0.15) is 42.7 Å². The molecule has 1 heteroatoms. The predicted octanol–water partition coefficient (Wildman–Crippen LogP) is 5.08. The summed E-state index contributed by atoms with van der Waals surface area (Å²) in [4.78, 5) is 0. The SMILES string of the molecule is Cc1cccc(-c2cccc3c2OC2CCCCC32)c1. The molecule has 0 spiro atoms. The molecular formula is C19H20O. The Kier molecular flexibility index (Phi) is 2.80. The van der Waals surface area contributed by atoms with Gasteiger partial charge in [-0.3, -0.25) is 0 Å². The number of aryl methyl sites for hydroxylation is 1. The zero-order valence-corrected chi connectivity index (χ0v) is 11.9. The summed E-state index contributed by atoms with van der Waals surface area (Å²) in [6, 6.07) is 15.4. The monoisotopic (exact) mass is 264 g/mol. The number of hydrogen-bond donors (Lipinski definition) is 0. The van der Waals surface area contributed by atoms with Crippen LogP contribution in [0.2, 0.25) is 0 Å². The predicted molar refractivity (Wildman–Crippen MR) is 82.2 cm³/mol. The van der Waals surface area contributed by atoms with E-state index in [9.17, 15) is 0 Å². The summed E-state index contributed by atoms with van der Waals surface area (Å²) in [6.45, 7) is 2.15. The fraction of sp³-hybridized carbons (Fsp3) is 0.368. The maximum Gasteiger partial charge on any atom is 0.131 e. The van der Waals surface area contributed by atoms with Crippen molar-refractivity contribution >= 4 is 0 Å². The van der Waals surface area contributed by atoms with Gasteiger partial charge in [0.25, 0.3) is 0 Å². The van der Waals surface area contributed by atoms with Crippen molar-refractivity contribution in [2.24, 2.45) is 0 Å². The fourth-order valence-electron chi connectivity index (χ4n) is 3.76. The van der Waals surface area contributed by atoms with E-state index in [2.05, 4.69) is 49.4 Å².